The normalized spacial score (nSPS) is 10.6. The Hall–Kier alpha value is -2.29. The number of guanidine groups is 1. The molecule has 0 radical (unpaired) electrons. The van der Waals surface area contributed by atoms with E-state index in [1.807, 2.05) is 50.4 Å². The first kappa shape index (κ1) is 23.7. The van der Waals surface area contributed by atoms with Crippen molar-refractivity contribution in [3.8, 4) is 5.75 Å². The number of nitrogens with zero attached hydrogens (tertiary/aromatic N) is 2. The average molecular weight is 496 g/mol. The maximum atomic E-state index is 11.6. The molecule has 28 heavy (non-hydrogen) atoms. The van der Waals surface area contributed by atoms with Crippen LogP contribution in [0.25, 0.3) is 0 Å². The van der Waals surface area contributed by atoms with Gasteiger partial charge in [-0.3, -0.25) is 9.79 Å². The molecule has 0 aromatic heterocycles. The lowest BCUT2D eigenvalue weighted by Crippen LogP contribution is -2.38. The Morgan fingerprint density at radius 2 is 1.68 bits per heavy atom. The number of hydrogen-bond donors (Lipinski definition) is 2. The number of hydrogen-bond acceptors (Lipinski definition) is 3. The third-order valence-corrected chi connectivity index (χ3v) is 4.12. The van der Waals surface area contributed by atoms with Crippen LogP contribution in [0.2, 0.25) is 0 Å². The highest BCUT2D eigenvalue weighted by Crippen LogP contribution is 2.13. The maximum absolute atomic E-state index is 11.6. The van der Waals surface area contributed by atoms with Gasteiger partial charge in [-0.1, -0.05) is 24.3 Å². The molecule has 1 amide bonds. The van der Waals surface area contributed by atoms with Crippen LogP contribution in [0, 0.1) is 0 Å². The van der Waals surface area contributed by atoms with E-state index in [1.165, 1.54) is 5.56 Å². The van der Waals surface area contributed by atoms with Crippen LogP contribution in [0.1, 0.15) is 28.4 Å². The van der Waals surface area contributed by atoms with Crippen LogP contribution in [0.5, 0.6) is 5.75 Å². The topological polar surface area (TPSA) is 66.0 Å². The molecular formula is C21H29IN4O2. The Balaban J connectivity index is 0.00000392. The molecule has 0 aliphatic rings. The summed E-state index contributed by atoms with van der Waals surface area (Å²) in [4.78, 5) is 18.0. The smallest absolute Gasteiger partial charge is 0.251 e. The summed E-state index contributed by atoms with van der Waals surface area (Å²) < 4.78 is 5.48. The van der Waals surface area contributed by atoms with Crippen LogP contribution >= 0.6 is 24.0 Å². The van der Waals surface area contributed by atoms with E-state index in [0.717, 1.165) is 23.8 Å². The predicted octanol–water partition coefficient (Wildman–Crippen LogP) is 3.27. The maximum Gasteiger partial charge on any atom is 0.251 e. The minimum Gasteiger partial charge on any atom is -0.494 e. The Labute approximate surface area is 184 Å². The van der Waals surface area contributed by atoms with Crippen molar-refractivity contribution < 1.29 is 9.53 Å². The average Bonchev–Trinajstić information content (AvgIpc) is 2.70. The van der Waals surface area contributed by atoms with Gasteiger partial charge in [-0.25, -0.2) is 0 Å². The van der Waals surface area contributed by atoms with Crippen molar-refractivity contribution >= 4 is 35.8 Å². The number of ether oxygens (including phenoxy) is 1. The van der Waals surface area contributed by atoms with Crippen LogP contribution in [-0.4, -0.2) is 44.5 Å². The van der Waals surface area contributed by atoms with E-state index < -0.39 is 0 Å². The molecule has 2 aromatic rings. The van der Waals surface area contributed by atoms with Crippen molar-refractivity contribution in [2.75, 3.05) is 27.7 Å². The van der Waals surface area contributed by atoms with Gasteiger partial charge in [0.2, 0.25) is 0 Å². The molecule has 0 saturated carbocycles. The fourth-order valence-corrected chi connectivity index (χ4v) is 2.69. The Morgan fingerprint density at radius 1 is 1.07 bits per heavy atom. The summed E-state index contributed by atoms with van der Waals surface area (Å²) in [7, 11) is 5.40. The fourth-order valence-electron chi connectivity index (χ4n) is 2.69. The molecule has 0 aliphatic carbocycles. The van der Waals surface area contributed by atoms with Crippen molar-refractivity contribution in [1.82, 2.24) is 15.5 Å². The third kappa shape index (κ3) is 7.03. The lowest BCUT2D eigenvalue weighted by atomic mass is 10.1. The lowest BCUT2D eigenvalue weighted by Gasteiger charge is -2.22. The highest BCUT2D eigenvalue weighted by molar-refractivity contribution is 14.0. The second kappa shape index (κ2) is 12.2. The molecule has 2 rings (SSSR count). The molecule has 0 saturated heterocycles. The van der Waals surface area contributed by atoms with E-state index in [0.29, 0.717) is 18.7 Å². The molecule has 2 N–H and O–H groups in total. The van der Waals surface area contributed by atoms with Gasteiger partial charge < -0.3 is 20.3 Å². The van der Waals surface area contributed by atoms with Gasteiger partial charge in [-0.05, 0) is 42.3 Å². The summed E-state index contributed by atoms with van der Waals surface area (Å²) in [5, 5.41) is 5.97. The fraction of sp³-hybridized carbons (Fsp3) is 0.333. The summed E-state index contributed by atoms with van der Waals surface area (Å²) >= 11 is 0. The minimum atomic E-state index is -0.0830. The monoisotopic (exact) mass is 496 g/mol. The second-order valence-electron chi connectivity index (χ2n) is 6.11. The first-order valence-corrected chi connectivity index (χ1v) is 9.02. The van der Waals surface area contributed by atoms with E-state index in [-0.39, 0.29) is 29.9 Å². The highest BCUT2D eigenvalue weighted by Gasteiger charge is 2.08. The van der Waals surface area contributed by atoms with Crippen molar-refractivity contribution in [2.45, 2.75) is 20.0 Å². The Kier molecular flexibility index (Phi) is 10.4. The lowest BCUT2D eigenvalue weighted by molar-refractivity contribution is 0.0963. The third-order valence-electron chi connectivity index (χ3n) is 4.12. The van der Waals surface area contributed by atoms with Gasteiger partial charge in [0.1, 0.15) is 5.75 Å². The number of halogens is 1. The van der Waals surface area contributed by atoms with Gasteiger partial charge in [0.15, 0.2) is 5.96 Å². The molecule has 7 heteroatoms. The Morgan fingerprint density at radius 3 is 2.21 bits per heavy atom. The molecule has 0 aliphatic heterocycles. The SMILES string of the molecule is CCOc1ccc(CN(C)C(=NC)NCc2ccc(C(=O)NC)cc2)cc1.I. The summed E-state index contributed by atoms with van der Waals surface area (Å²) in [5.41, 5.74) is 2.91. The molecule has 0 spiro atoms. The molecule has 6 nitrogen and oxygen atoms in total. The van der Waals surface area contributed by atoms with Crippen molar-refractivity contribution in [3.63, 3.8) is 0 Å². The van der Waals surface area contributed by atoms with Crippen LogP contribution in [0.15, 0.2) is 53.5 Å². The van der Waals surface area contributed by atoms with E-state index >= 15 is 0 Å². The van der Waals surface area contributed by atoms with Crippen LogP contribution < -0.4 is 15.4 Å². The summed E-state index contributed by atoms with van der Waals surface area (Å²) in [6, 6.07) is 15.6. The number of nitrogens with one attached hydrogen (secondary N) is 2. The first-order chi connectivity index (χ1) is 13.1. The molecule has 152 valence electrons. The quantitative estimate of drug-likeness (QED) is 0.351. The van der Waals surface area contributed by atoms with Crippen LogP contribution in [-0.2, 0) is 13.1 Å². The minimum absolute atomic E-state index is 0. The number of rotatable bonds is 7. The van der Waals surface area contributed by atoms with Crippen LogP contribution in [0.3, 0.4) is 0 Å². The number of amides is 1. The van der Waals surface area contributed by atoms with Gasteiger partial charge in [-0.2, -0.15) is 0 Å². The van der Waals surface area contributed by atoms with E-state index in [4.69, 9.17) is 4.74 Å². The number of benzene rings is 2. The van der Waals surface area contributed by atoms with Crippen molar-refractivity contribution in [3.05, 3.63) is 65.2 Å². The molecule has 0 bridgehead atoms. The molecular weight excluding hydrogens is 467 g/mol. The first-order valence-electron chi connectivity index (χ1n) is 9.02. The Bertz CT molecular complexity index is 761. The van der Waals surface area contributed by atoms with Gasteiger partial charge in [0.05, 0.1) is 6.61 Å². The van der Waals surface area contributed by atoms with Gasteiger partial charge in [-0.15, -0.1) is 24.0 Å². The van der Waals surface area contributed by atoms with Crippen molar-refractivity contribution in [1.29, 1.82) is 0 Å². The zero-order chi connectivity index (χ0) is 19.6. The zero-order valence-electron chi connectivity index (χ0n) is 16.9. The number of carbonyl (C=O) groups excluding carboxylic acids is 1. The standard InChI is InChI=1S/C21H28N4O2.HI/c1-5-27-19-12-8-17(9-13-19)15-25(4)21(23-3)24-14-16-6-10-18(11-7-16)20(26)22-2;/h6-13H,5,14-15H2,1-4H3,(H,22,26)(H,23,24);1H. The molecule has 0 unspecified atom stereocenters. The van der Waals surface area contributed by atoms with Crippen molar-refractivity contribution in [2.24, 2.45) is 4.99 Å². The predicted molar refractivity (Wildman–Crippen MR) is 125 cm³/mol. The van der Waals surface area contributed by atoms with Crippen LogP contribution in [0.4, 0.5) is 0 Å². The molecule has 0 atom stereocenters. The molecule has 0 fully saturated rings. The summed E-state index contributed by atoms with van der Waals surface area (Å²) in [5.74, 6) is 1.60. The largest absolute Gasteiger partial charge is 0.494 e. The van der Waals surface area contributed by atoms with Gasteiger partial charge in [0.25, 0.3) is 5.91 Å². The molecule has 2 aromatic carbocycles. The molecule has 0 heterocycles. The highest BCUT2D eigenvalue weighted by atomic mass is 127. The summed E-state index contributed by atoms with van der Waals surface area (Å²) in [6.07, 6.45) is 0. The zero-order valence-corrected chi connectivity index (χ0v) is 19.2. The van der Waals surface area contributed by atoms with Gasteiger partial charge in [0, 0.05) is 39.8 Å². The second-order valence-corrected chi connectivity index (χ2v) is 6.11. The number of carbonyl (C=O) groups is 1. The van der Waals surface area contributed by atoms with E-state index in [2.05, 4.69) is 32.7 Å². The van der Waals surface area contributed by atoms with Gasteiger partial charge >= 0.3 is 0 Å². The van der Waals surface area contributed by atoms with E-state index in [9.17, 15) is 4.79 Å². The number of aliphatic imine (C=N–C) groups is 1. The van der Waals surface area contributed by atoms with E-state index in [1.54, 1.807) is 14.1 Å². The summed E-state index contributed by atoms with van der Waals surface area (Å²) in [6.45, 7) is 4.01.